The molecule has 3 amide bonds. The second-order valence-corrected chi connectivity index (χ2v) is 8.36. The summed E-state index contributed by atoms with van der Waals surface area (Å²) in [4.78, 5) is 40.3. The first-order valence-electron chi connectivity index (χ1n) is 12.3. The highest BCUT2D eigenvalue weighted by Crippen LogP contribution is 2.34. The second-order valence-electron chi connectivity index (χ2n) is 8.36. The third-order valence-corrected chi connectivity index (χ3v) is 6.17. The van der Waals surface area contributed by atoms with E-state index in [1.54, 1.807) is 30.3 Å². The Morgan fingerprint density at radius 1 is 1.06 bits per heavy atom. The SMILES string of the molecule is [2H]C(Oc1cccc2c1CN(C1CCC(=O)NC1=O)C2=O)c1ccc(C([2H])N2CCOCC2)cc1. The van der Waals surface area contributed by atoms with Gasteiger partial charge in [0.15, 0.2) is 0 Å². The zero-order valence-electron chi connectivity index (χ0n) is 20.2. The molecule has 0 spiro atoms. The fourth-order valence-electron chi connectivity index (χ4n) is 4.38. The average molecular weight is 452 g/mol. The monoisotopic (exact) mass is 451 g/mol. The Kier molecular flexibility index (Phi) is 5.44. The quantitative estimate of drug-likeness (QED) is 0.675. The zero-order valence-corrected chi connectivity index (χ0v) is 18.2. The van der Waals surface area contributed by atoms with E-state index >= 15 is 0 Å². The van der Waals surface area contributed by atoms with Crippen molar-refractivity contribution in [1.82, 2.24) is 15.1 Å². The zero-order chi connectivity index (χ0) is 24.5. The number of morpholine rings is 1. The second kappa shape index (κ2) is 9.33. The number of piperidine rings is 1. The topological polar surface area (TPSA) is 88.2 Å². The molecule has 0 bridgehead atoms. The summed E-state index contributed by atoms with van der Waals surface area (Å²) >= 11 is 0. The molecular formula is C25H27N3O5. The van der Waals surface area contributed by atoms with Crippen LogP contribution in [0.1, 0.15) is 42.6 Å². The van der Waals surface area contributed by atoms with Crippen LogP contribution in [-0.2, 0) is 34.0 Å². The molecule has 3 heterocycles. The van der Waals surface area contributed by atoms with Gasteiger partial charge in [0, 0.05) is 38.5 Å². The largest absolute Gasteiger partial charge is 0.489 e. The fraction of sp³-hybridized carbons (Fsp3) is 0.400. The lowest BCUT2D eigenvalue weighted by atomic mass is 10.0. The Balaban J connectivity index is 1.28. The molecule has 2 aromatic rings. The van der Waals surface area contributed by atoms with Crippen molar-refractivity contribution >= 4 is 17.7 Å². The number of ether oxygens (including phenoxy) is 2. The molecule has 0 aromatic heterocycles. The lowest BCUT2D eigenvalue weighted by Gasteiger charge is -2.29. The molecule has 1 N–H and O–H groups in total. The highest BCUT2D eigenvalue weighted by molar-refractivity contribution is 6.05. The highest BCUT2D eigenvalue weighted by atomic mass is 16.5. The van der Waals surface area contributed by atoms with E-state index in [9.17, 15) is 14.4 Å². The Morgan fingerprint density at radius 3 is 2.58 bits per heavy atom. The number of fused-ring (bicyclic) bond motifs is 1. The smallest absolute Gasteiger partial charge is 0.255 e. The van der Waals surface area contributed by atoms with Crippen LogP contribution in [0.25, 0.3) is 0 Å². The van der Waals surface area contributed by atoms with Crippen LogP contribution in [0.5, 0.6) is 5.75 Å². The standard InChI is InChI=1S/C25H27N3O5/c29-23-9-8-21(24(30)26-23)28-15-20-19(25(28)31)2-1-3-22(20)33-16-18-6-4-17(5-7-18)14-27-10-12-32-13-11-27/h1-7,21H,8-16H2,(H,26,29,30)/i14D,16D. The van der Waals surface area contributed by atoms with Crippen molar-refractivity contribution in [2.24, 2.45) is 0 Å². The van der Waals surface area contributed by atoms with Gasteiger partial charge in [-0.3, -0.25) is 24.6 Å². The normalized spacial score (nSPS) is 23.9. The first kappa shape index (κ1) is 19.3. The van der Waals surface area contributed by atoms with Crippen molar-refractivity contribution in [3.05, 3.63) is 64.7 Å². The number of rotatable bonds is 6. The Morgan fingerprint density at radius 2 is 1.82 bits per heavy atom. The van der Waals surface area contributed by atoms with Gasteiger partial charge in [0.25, 0.3) is 5.91 Å². The minimum absolute atomic E-state index is 0.183. The molecule has 8 heteroatoms. The summed E-state index contributed by atoms with van der Waals surface area (Å²) in [5, 5.41) is 2.30. The number of nitrogens with one attached hydrogen (secondary N) is 1. The Labute approximate surface area is 195 Å². The minimum atomic E-state index is -1.03. The average Bonchev–Trinajstić information content (AvgIpc) is 3.21. The van der Waals surface area contributed by atoms with Crippen molar-refractivity contribution in [2.45, 2.75) is 38.5 Å². The molecule has 33 heavy (non-hydrogen) atoms. The maximum Gasteiger partial charge on any atom is 0.255 e. The van der Waals surface area contributed by atoms with Crippen LogP contribution in [0.2, 0.25) is 0 Å². The molecule has 5 rings (SSSR count). The van der Waals surface area contributed by atoms with E-state index in [4.69, 9.17) is 12.2 Å². The first-order valence-corrected chi connectivity index (χ1v) is 11.1. The Hall–Kier alpha value is -3.23. The van der Waals surface area contributed by atoms with E-state index in [1.807, 2.05) is 17.0 Å². The molecule has 0 radical (unpaired) electrons. The van der Waals surface area contributed by atoms with Gasteiger partial charge in [0.2, 0.25) is 11.8 Å². The van der Waals surface area contributed by atoms with Crippen molar-refractivity contribution in [1.29, 1.82) is 0 Å². The molecule has 0 saturated carbocycles. The maximum absolute atomic E-state index is 13.0. The Bertz CT molecular complexity index is 1140. The predicted octanol–water partition coefficient (Wildman–Crippen LogP) is 1.86. The predicted molar refractivity (Wildman–Crippen MR) is 119 cm³/mol. The molecular weight excluding hydrogens is 422 g/mol. The molecule has 2 fully saturated rings. The number of hydrogen-bond donors (Lipinski definition) is 1. The van der Waals surface area contributed by atoms with E-state index in [0.717, 1.165) is 5.56 Å². The van der Waals surface area contributed by atoms with Gasteiger partial charge < -0.3 is 14.4 Å². The number of carbonyl (C=O) groups is 3. The van der Waals surface area contributed by atoms with Crippen LogP contribution in [0.3, 0.4) is 0 Å². The summed E-state index contributed by atoms with van der Waals surface area (Å²) in [5.41, 5.74) is 2.55. The van der Waals surface area contributed by atoms with Crippen LogP contribution < -0.4 is 10.1 Å². The van der Waals surface area contributed by atoms with E-state index in [0.29, 0.717) is 48.7 Å². The van der Waals surface area contributed by atoms with Crippen molar-refractivity contribution < 1.29 is 26.6 Å². The van der Waals surface area contributed by atoms with Crippen molar-refractivity contribution in [3.8, 4) is 5.75 Å². The van der Waals surface area contributed by atoms with E-state index in [2.05, 4.69) is 5.32 Å². The fourth-order valence-corrected chi connectivity index (χ4v) is 4.38. The molecule has 3 unspecified atom stereocenters. The summed E-state index contributed by atoms with van der Waals surface area (Å²) in [5.74, 6) is -0.658. The van der Waals surface area contributed by atoms with Crippen molar-refractivity contribution in [3.63, 3.8) is 0 Å². The molecule has 2 saturated heterocycles. The van der Waals surface area contributed by atoms with Crippen LogP contribution in [0.4, 0.5) is 0 Å². The van der Waals surface area contributed by atoms with Gasteiger partial charge in [-0.25, -0.2) is 0 Å². The van der Waals surface area contributed by atoms with E-state index in [1.165, 1.54) is 4.90 Å². The van der Waals surface area contributed by atoms with Crippen LogP contribution in [0, 0.1) is 0 Å². The van der Waals surface area contributed by atoms with Gasteiger partial charge in [0.05, 0.1) is 21.1 Å². The number of nitrogens with zero attached hydrogens (tertiary/aromatic N) is 2. The third kappa shape index (κ3) is 4.62. The van der Waals surface area contributed by atoms with Crippen molar-refractivity contribution in [2.75, 3.05) is 26.3 Å². The number of carbonyl (C=O) groups excluding carboxylic acids is 3. The summed E-state index contributed by atoms with van der Waals surface area (Å²) < 4.78 is 28.4. The summed E-state index contributed by atoms with van der Waals surface area (Å²) in [6, 6.07) is 11.7. The number of amides is 3. The highest BCUT2D eigenvalue weighted by Gasteiger charge is 2.40. The minimum Gasteiger partial charge on any atom is -0.489 e. The van der Waals surface area contributed by atoms with E-state index < -0.39 is 25.1 Å². The van der Waals surface area contributed by atoms with Gasteiger partial charge >= 0.3 is 0 Å². The molecule has 3 aliphatic heterocycles. The molecule has 3 aliphatic rings. The maximum atomic E-state index is 13.0. The molecule has 8 nitrogen and oxygen atoms in total. The van der Waals surface area contributed by atoms with Gasteiger partial charge in [-0.2, -0.15) is 0 Å². The lowest BCUT2D eigenvalue weighted by Crippen LogP contribution is -2.52. The number of hydrogen-bond acceptors (Lipinski definition) is 6. The number of imide groups is 1. The summed E-state index contributed by atoms with van der Waals surface area (Å²) in [7, 11) is 0. The summed E-state index contributed by atoms with van der Waals surface area (Å²) in [6.07, 6.45) is 0.477. The van der Waals surface area contributed by atoms with Crippen LogP contribution >= 0.6 is 0 Å². The van der Waals surface area contributed by atoms with Gasteiger partial charge in [-0.05, 0) is 29.7 Å². The third-order valence-electron chi connectivity index (χ3n) is 6.17. The molecule has 3 atom stereocenters. The first-order chi connectivity index (χ1) is 16.9. The summed E-state index contributed by atoms with van der Waals surface area (Å²) in [6.45, 7) is 1.36. The van der Waals surface area contributed by atoms with Crippen LogP contribution in [0.15, 0.2) is 42.5 Å². The molecule has 0 aliphatic carbocycles. The lowest BCUT2D eigenvalue weighted by molar-refractivity contribution is -0.136. The van der Waals surface area contributed by atoms with Gasteiger partial charge in [0.1, 0.15) is 18.4 Å². The molecule has 2 aromatic carbocycles. The van der Waals surface area contributed by atoms with Gasteiger partial charge in [-0.1, -0.05) is 30.3 Å². The number of benzene rings is 2. The van der Waals surface area contributed by atoms with Gasteiger partial charge in [-0.15, -0.1) is 0 Å². The van der Waals surface area contributed by atoms with Crippen LogP contribution in [-0.4, -0.2) is 59.9 Å². The van der Waals surface area contributed by atoms with E-state index in [-0.39, 0.29) is 31.2 Å². The molecule has 172 valence electrons.